The first-order chi connectivity index (χ1) is 13.1. The van der Waals surface area contributed by atoms with Gasteiger partial charge in [0.25, 0.3) is 0 Å². The summed E-state index contributed by atoms with van der Waals surface area (Å²) in [7, 11) is 0. The Kier molecular flexibility index (Phi) is 5.53. The fourth-order valence-corrected chi connectivity index (χ4v) is 5.09. The molecule has 0 aliphatic carbocycles. The van der Waals surface area contributed by atoms with Crippen LogP contribution in [0, 0.1) is 12.3 Å². The van der Waals surface area contributed by atoms with Crippen LogP contribution >= 0.6 is 0 Å². The Labute approximate surface area is 161 Å². The van der Waals surface area contributed by atoms with E-state index in [1.54, 1.807) is 0 Å². The molecule has 0 aromatic carbocycles. The molecule has 0 unspecified atom stereocenters. The van der Waals surface area contributed by atoms with Crippen molar-refractivity contribution >= 4 is 5.91 Å². The molecule has 1 amide bonds. The van der Waals surface area contributed by atoms with Crippen molar-refractivity contribution in [3.63, 3.8) is 0 Å². The quantitative estimate of drug-likeness (QED) is 0.836. The summed E-state index contributed by atoms with van der Waals surface area (Å²) in [4.78, 5) is 18.0. The molecule has 1 aromatic rings. The highest BCUT2D eigenvalue weighted by Crippen LogP contribution is 2.41. The standard InChI is InChI=1S/C20H32N4O3/c1-16-17(14-23(21-16)9-10-25)13-22-8-6-20(15-22)5-2-7-24(19(20)26)18-3-11-27-12-4-18/h14,18,25H,2-13,15H2,1H3/t20-/m1/s1. The number of aliphatic hydroxyl groups excluding tert-OH is 1. The maximum absolute atomic E-state index is 13.4. The topological polar surface area (TPSA) is 70.8 Å². The molecule has 0 bridgehead atoms. The highest BCUT2D eigenvalue weighted by atomic mass is 16.5. The number of piperidine rings is 1. The zero-order valence-electron chi connectivity index (χ0n) is 16.4. The highest BCUT2D eigenvalue weighted by molar-refractivity contribution is 5.84. The van der Waals surface area contributed by atoms with Crippen molar-refractivity contribution in [2.75, 3.05) is 39.5 Å². The summed E-state index contributed by atoms with van der Waals surface area (Å²) in [5.74, 6) is 0.385. The number of aromatic nitrogens is 2. The van der Waals surface area contributed by atoms with Gasteiger partial charge in [-0.3, -0.25) is 14.4 Å². The second-order valence-corrected chi connectivity index (χ2v) is 8.41. The van der Waals surface area contributed by atoms with Crippen LogP contribution in [0.4, 0.5) is 0 Å². The van der Waals surface area contributed by atoms with E-state index in [0.717, 1.165) is 77.2 Å². The van der Waals surface area contributed by atoms with E-state index in [4.69, 9.17) is 9.84 Å². The Hall–Kier alpha value is -1.44. The van der Waals surface area contributed by atoms with Gasteiger partial charge in [0.15, 0.2) is 0 Å². The van der Waals surface area contributed by atoms with Gasteiger partial charge in [0.2, 0.25) is 5.91 Å². The summed E-state index contributed by atoms with van der Waals surface area (Å²) >= 11 is 0. The molecule has 4 rings (SSSR count). The summed E-state index contributed by atoms with van der Waals surface area (Å²) in [6, 6.07) is 0.372. The number of rotatable bonds is 5. The van der Waals surface area contributed by atoms with Crippen molar-refractivity contribution in [3.8, 4) is 0 Å². The Bertz CT molecular complexity index is 670. The molecular weight excluding hydrogens is 344 g/mol. The molecule has 1 atom stereocenters. The third-order valence-electron chi connectivity index (χ3n) is 6.60. The van der Waals surface area contributed by atoms with Crippen molar-refractivity contribution in [1.29, 1.82) is 0 Å². The van der Waals surface area contributed by atoms with Crippen LogP contribution in [-0.2, 0) is 22.6 Å². The lowest BCUT2D eigenvalue weighted by molar-refractivity contribution is -0.150. The molecule has 3 fully saturated rings. The Morgan fingerprint density at radius 2 is 2.11 bits per heavy atom. The summed E-state index contributed by atoms with van der Waals surface area (Å²) in [5, 5.41) is 13.6. The van der Waals surface area contributed by atoms with Crippen LogP contribution < -0.4 is 0 Å². The van der Waals surface area contributed by atoms with Crippen molar-refractivity contribution < 1.29 is 14.6 Å². The van der Waals surface area contributed by atoms with Crippen LogP contribution in [0.1, 0.15) is 43.4 Å². The van der Waals surface area contributed by atoms with Crippen LogP contribution in [-0.4, -0.2) is 76.1 Å². The number of aryl methyl sites for hydroxylation is 1. The number of ether oxygens (including phenoxy) is 1. The van der Waals surface area contributed by atoms with Gasteiger partial charge in [-0.2, -0.15) is 5.10 Å². The predicted molar refractivity (Wildman–Crippen MR) is 101 cm³/mol. The molecule has 3 aliphatic rings. The predicted octanol–water partition coefficient (Wildman–Crippen LogP) is 1.18. The molecule has 7 nitrogen and oxygen atoms in total. The minimum atomic E-state index is -0.189. The lowest BCUT2D eigenvalue weighted by atomic mass is 9.77. The molecule has 1 spiro atoms. The van der Waals surface area contributed by atoms with E-state index in [0.29, 0.717) is 18.5 Å². The summed E-state index contributed by atoms with van der Waals surface area (Å²) in [6.07, 6.45) is 7.10. The van der Waals surface area contributed by atoms with Gasteiger partial charge in [-0.15, -0.1) is 0 Å². The normalized spacial score (nSPS) is 27.8. The molecule has 150 valence electrons. The number of hydrogen-bond donors (Lipinski definition) is 1. The van der Waals surface area contributed by atoms with Crippen molar-refractivity contribution in [2.24, 2.45) is 5.41 Å². The number of nitrogens with zero attached hydrogens (tertiary/aromatic N) is 4. The van der Waals surface area contributed by atoms with E-state index >= 15 is 0 Å². The highest BCUT2D eigenvalue weighted by Gasteiger charge is 2.49. The van der Waals surface area contributed by atoms with Crippen LogP contribution in [0.25, 0.3) is 0 Å². The number of aliphatic hydroxyl groups is 1. The van der Waals surface area contributed by atoms with Gasteiger partial charge in [0, 0.05) is 50.7 Å². The van der Waals surface area contributed by atoms with E-state index in [1.165, 1.54) is 5.56 Å². The van der Waals surface area contributed by atoms with E-state index in [-0.39, 0.29) is 12.0 Å². The smallest absolute Gasteiger partial charge is 0.230 e. The number of hydrogen-bond acceptors (Lipinski definition) is 5. The van der Waals surface area contributed by atoms with Crippen molar-refractivity contribution in [1.82, 2.24) is 19.6 Å². The summed E-state index contributed by atoms with van der Waals surface area (Å²) in [5.41, 5.74) is 2.03. The molecule has 1 aromatic heterocycles. The third-order valence-corrected chi connectivity index (χ3v) is 6.60. The number of likely N-dealkylation sites (tertiary alicyclic amines) is 2. The van der Waals surface area contributed by atoms with Crippen LogP contribution in [0.5, 0.6) is 0 Å². The zero-order chi connectivity index (χ0) is 18.9. The van der Waals surface area contributed by atoms with Gasteiger partial charge >= 0.3 is 0 Å². The first kappa shape index (κ1) is 18.9. The maximum atomic E-state index is 13.4. The fourth-order valence-electron chi connectivity index (χ4n) is 5.09. The summed E-state index contributed by atoms with van der Waals surface area (Å²) in [6.45, 7) is 7.80. The van der Waals surface area contributed by atoms with E-state index in [1.807, 2.05) is 17.8 Å². The average molecular weight is 377 g/mol. The zero-order valence-corrected chi connectivity index (χ0v) is 16.4. The second-order valence-electron chi connectivity index (χ2n) is 8.41. The Balaban J connectivity index is 1.42. The number of carbonyl (C=O) groups excluding carboxylic acids is 1. The van der Waals surface area contributed by atoms with Crippen LogP contribution in [0.3, 0.4) is 0 Å². The second kappa shape index (κ2) is 7.89. The van der Waals surface area contributed by atoms with Crippen molar-refractivity contribution in [3.05, 3.63) is 17.5 Å². The molecule has 7 heteroatoms. The Morgan fingerprint density at radius 3 is 2.89 bits per heavy atom. The summed E-state index contributed by atoms with van der Waals surface area (Å²) < 4.78 is 7.30. The molecule has 3 aliphatic heterocycles. The number of carbonyl (C=O) groups is 1. The van der Waals surface area contributed by atoms with Gasteiger partial charge in [-0.1, -0.05) is 0 Å². The van der Waals surface area contributed by atoms with E-state index < -0.39 is 0 Å². The lowest BCUT2D eigenvalue weighted by Crippen LogP contribution is -2.54. The van der Waals surface area contributed by atoms with Gasteiger partial charge in [-0.05, 0) is 45.6 Å². The minimum absolute atomic E-state index is 0.101. The monoisotopic (exact) mass is 376 g/mol. The maximum Gasteiger partial charge on any atom is 0.230 e. The molecule has 3 saturated heterocycles. The molecule has 0 radical (unpaired) electrons. The van der Waals surface area contributed by atoms with Crippen LogP contribution in [0.2, 0.25) is 0 Å². The molecule has 1 N–H and O–H groups in total. The van der Waals surface area contributed by atoms with Gasteiger partial charge in [0.1, 0.15) is 0 Å². The first-order valence-corrected chi connectivity index (χ1v) is 10.4. The lowest BCUT2D eigenvalue weighted by Gasteiger charge is -2.44. The minimum Gasteiger partial charge on any atom is -0.394 e. The molecular formula is C20H32N4O3. The first-order valence-electron chi connectivity index (χ1n) is 10.4. The molecule has 27 heavy (non-hydrogen) atoms. The van der Waals surface area contributed by atoms with Crippen LogP contribution in [0.15, 0.2) is 6.20 Å². The van der Waals surface area contributed by atoms with Gasteiger partial charge in [0.05, 0.1) is 24.3 Å². The Morgan fingerprint density at radius 1 is 1.30 bits per heavy atom. The number of amides is 1. The van der Waals surface area contributed by atoms with E-state index in [2.05, 4.69) is 14.9 Å². The molecule has 4 heterocycles. The van der Waals surface area contributed by atoms with Gasteiger partial charge < -0.3 is 14.7 Å². The van der Waals surface area contributed by atoms with Gasteiger partial charge in [-0.25, -0.2) is 0 Å². The molecule has 0 saturated carbocycles. The SMILES string of the molecule is Cc1nn(CCO)cc1CN1CC[C@]2(CCCN(C3CCOCC3)C2=O)C1. The van der Waals surface area contributed by atoms with E-state index in [9.17, 15) is 4.79 Å². The third kappa shape index (κ3) is 3.77. The average Bonchev–Trinajstić information content (AvgIpc) is 3.23. The van der Waals surface area contributed by atoms with Crippen molar-refractivity contribution in [2.45, 2.75) is 58.2 Å². The largest absolute Gasteiger partial charge is 0.394 e. The fraction of sp³-hybridized carbons (Fsp3) is 0.800.